The minimum atomic E-state index is -0.0706. The molecule has 0 spiro atoms. The van der Waals surface area contributed by atoms with E-state index in [-0.39, 0.29) is 31.9 Å². The Balaban J connectivity index is 1.60. The Morgan fingerprint density at radius 1 is 1.34 bits per heavy atom. The van der Waals surface area contributed by atoms with Crippen LogP contribution < -0.4 is 9.80 Å². The number of thiophene rings is 1. The third-order valence-electron chi connectivity index (χ3n) is 4.26. The number of carbonyl (C=O) groups is 2. The number of aliphatic imine (C=N–C) groups is 1. The Labute approximate surface area is 178 Å². The van der Waals surface area contributed by atoms with Gasteiger partial charge in [0.2, 0.25) is 5.91 Å². The van der Waals surface area contributed by atoms with E-state index in [1.807, 2.05) is 36.4 Å². The number of rotatable bonds is 8. The minimum Gasteiger partial charge on any atom is -0.370 e. The predicted molar refractivity (Wildman–Crippen MR) is 115 cm³/mol. The molecule has 1 saturated heterocycles. The van der Waals surface area contributed by atoms with E-state index in [0.717, 1.165) is 10.6 Å². The second kappa shape index (κ2) is 10.5. The summed E-state index contributed by atoms with van der Waals surface area (Å²) >= 11 is 7.31. The quantitative estimate of drug-likeness (QED) is 0.361. The van der Waals surface area contributed by atoms with E-state index >= 15 is 0 Å². The van der Waals surface area contributed by atoms with Crippen LogP contribution in [0.5, 0.6) is 0 Å². The van der Waals surface area contributed by atoms with Gasteiger partial charge in [-0.2, -0.15) is 0 Å². The van der Waals surface area contributed by atoms with Crippen LogP contribution in [0.4, 0.5) is 11.4 Å². The van der Waals surface area contributed by atoms with E-state index in [2.05, 4.69) is 4.99 Å². The van der Waals surface area contributed by atoms with E-state index in [4.69, 9.17) is 21.1 Å². The lowest BCUT2D eigenvalue weighted by molar-refractivity contribution is -0.125. The van der Waals surface area contributed by atoms with Crippen LogP contribution in [0, 0.1) is 0 Å². The van der Waals surface area contributed by atoms with E-state index in [9.17, 15) is 9.59 Å². The van der Waals surface area contributed by atoms with Crippen molar-refractivity contribution in [2.24, 2.45) is 4.99 Å². The van der Waals surface area contributed by atoms with Crippen LogP contribution in [0.25, 0.3) is 0 Å². The first-order valence-electron chi connectivity index (χ1n) is 9.20. The fourth-order valence-electron chi connectivity index (χ4n) is 2.79. The number of hydrogen-bond donors (Lipinski definition) is 0. The molecule has 2 aromatic rings. The molecule has 0 saturated carbocycles. The normalized spacial score (nSPS) is 14.6. The lowest BCUT2D eigenvalue weighted by atomic mass is 10.2. The molecular formula is C20H22ClN3O4S. The summed E-state index contributed by atoms with van der Waals surface area (Å²) in [4.78, 5) is 32.7. The van der Waals surface area contributed by atoms with Crippen molar-refractivity contribution in [1.29, 1.82) is 0 Å². The highest BCUT2D eigenvalue weighted by atomic mass is 35.5. The van der Waals surface area contributed by atoms with E-state index in [1.54, 1.807) is 22.9 Å². The third-order valence-corrected chi connectivity index (χ3v) is 5.43. The second-order valence-electron chi connectivity index (χ2n) is 6.21. The molecule has 9 heteroatoms. The van der Waals surface area contributed by atoms with Crippen molar-refractivity contribution in [2.75, 3.05) is 43.0 Å². The van der Waals surface area contributed by atoms with Gasteiger partial charge in [0.05, 0.1) is 10.9 Å². The predicted octanol–water partition coefficient (Wildman–Crippen LogP) is 3.56. The van der Waals surface area contributed by atoms with Crippen molar-refractivity contribution in [1.82, 2.24) is 0 Å². The van der Waals surface area contributed by atoms with Crippen molar-refractivity contribution in [3.05, 3.63) is 45.6 Å². The maximum Gasteiger partial charge on any atom is 0.253 e. The highest BCUT2D eigenvalue weighted by Crippen LogP contribution is 2.23. The van der Waals surface area contributed by atoms with Gasteiger partial charge in [-0.1, -0.05) is 18.5 Å². The number of hydrogen-bond acceptors (Lipinski definition) is 6. The van der Waals surface area contributed by atoms with Gasteiger partial charge in [0.25, 0.3) is 5.91 Å². The highest BCUT2D eigenvalue weighted by molar-refractivity contribution is 7.17. The van der Waals surface area contributed by atoms with Crippen molar-refractivity contribution in [2.45, 2.75) is 13.3 Å². The lowest BCUT2D eigenvalue weighted by Crippen LogP contribution is -2.41. The summed E-state index contributed by atoms with van der Waals surface area (Å²) < 4.78 is 11.4. The van der Waals surface area contributed by atoms with Gasteiger partial charge in [-0.05, 0) is 36.4 Å². The highest BCUT2D eigenvalue weighted by Gasteiger charge is 2.21. The fraction of sp³-hybridized carbons (Fsp3) is 0.350. The van der Waals surface area contributed by atoms with Crippen LogP contribution in [0.15, 0.2) is 41.4 Å². The summed E-state index contributed by atoms with van der Waals surface area (Å²) in [6.07, 6.45) is 2.04. The second-order valence-corrected chi connectivity index (χ2v) is 7.95. The first kappa shape index (κ1) is 21.4. The third kappa shape index (κ3) is 5.86. The molecule has 1 aromatic heterocycles. The summed E-state index contributed by atoms with van der Waals surface area (Å²) in [5, 5.41) is 0. The van der Waals surface area contributed by atoms with Gasteiger partial charge in [-0.3, -0.25) is 19.5 Å². The summed E-state index contributed by atoms with van der Waals surface area (Å²) in [7, 11) is 0. The summed E-state index contributed by atoms with van der Waals surface area (Å²) in [5.41, 5.74) is 1.49. The topological polar surface area (TPSA) is 71.4 Å². The number of ether oxygens (including phenoxy) is 2. The molecule has 29 heavy (non-hydrogen) atoms. The van der Waals surface area contributed by atoms with Gasteiger partial charge in [0.15, 0.2) is 0 Å². The number of amides is 2. The summed E-state index contributed by atoms with van der Waals surface area (Å²) in [6, 6.07) is 11.0. The Morgan fingerprint density at radius 3 is 2.79 bits per heavy atom. The molecule has 0 unspecified atom stereocenters. The largest absolute Gasteiger partial charge is 0.370 e. The Kier molecular flexibility index (Phi) is 7.76. The van der Waals surface area contributed by atoms with Gasteiger partial charge in [-0.15, -0.1) is 11.3 Å². The van der Waals surface area contributed by atoms with Gasteiger partial charge < -0.3 is 14.4 Å². The fourth-order valence-corrected chi connectivity index (χ4v) is 3.75. The lowest BCUT2D eigenvalue weighted by Gasteiger charge is -2.28. The van der Waals surface area contributed by atoms with E-state index in [1.165, 1.54) is 11.3 Å². The molecule has 2 heterocycles. The van der Waals surface area contributed by atoms with Gasteiger partial charge in [0, 0.05) is 35.4 Å². The monoisotopic (exact) mass is 435 g/mol. The van der Waals surface area contributed by atoms with E-state index < -0.39 is 0 Å². The first-order chi connectivity index (χ1) is 14.1. The van der Waals surface area contributed by atoms with Crippen LogP contribution in [-0.4, -0.2) is 51.2 Å². The number of morpholine rings is 1. The molecule has 1 aliphatic rings. The zero-order chi connectivity index (χ0) is 20.6. The summed E-state index contributed by atoms with van der Waals surface area (Å²) in [5.74, 6) is -0.132. The zero-order valence-corrected chi connectivity index (χ0v) is 17.6. The molecule has 3 rings (SSSR count). The van der Waals surface area contributed by atoms with Crippen molar-refractivity contribution >= 4 is 52.3 Å². The first-order valence-corrected chi connectivity index (χ1v) is 10.4. The Morgan fingerprint density at radius 2 is 2.14 bits per heavy atom. The smallest absolute Gasteiger partial charge is 0.253 e. The van der Waals surface area contributed by atoms with Gasteiger partial charge in [0.1, 0.15) is 20.1 Å². The Hall–Kier alpha value is -2.26. The molecular weight excluding hydrogens is 414 g/mol. The van der Waals surface area contributed by atoms with Crippen molar-refractivity contribution in [3.63, 3.8) is 0 Å². The number of anilines is 2. The molecule has 0 radical (unpaired) electrons. The zero-order valence-electron chi connectivity index (χ0n) is 16.0. The number of carbonyl (C=O) groups excluding carboxylic acids is 2. The molecule has 0 N–H and O–H groups in total. The number of halogens is 1. The standard InChI is InChI=1S/C20H22ClN3O4S/c1-2-19(25)24(14-28-13-22-11-17-7-8-18(21)29-17)16-5-3-15(4-6-16)23-9-10-27-12-20(23)26/h3-8,11H,2,9-10,12-14H2,1H3/b22-11+. The van der Waals surface area contributed by atoms with Crippen LogP contribution in [0.1, 0.15) is 18.2 Å². The average molecular weight is 436 g/mol. The van der Waals surface area contributed by atoms with Crippen LogP contribution in [-0.2, 0) is 19.1 Å². The molecule has 0 atom stereocenters. The average Bonchev–Trinajstić information content (AvgIpc) is 3.16. The Bertz CT molecular complexity index is 869. The molecule has 154 valence electrons. The molecule has 1 aliphatic heterocycles. The maximum absolute atomic E-state index is 12.4. The molecule has 0 bridgehead atoms. The molecule has 1 aromatic carbocycles. The van der Waals surface area contributed by atoms with Crippen molar-refractivity contribution in [3.8, 4) is 0 Å². The van der Waals surface area contributed by atoms with Crippen LogP contribution >= 0.6 is 22.9 Å². The van der Waals surface area contributed by atoms with E-state index in [0.29, 0.717) is 29.6 Å². The van der Waals surface area contributed by atoms with Crippen LogP contribution in [0.3, 0.4) is 0 Å². The van der Waals surface area contributed by atoms with Crippen molar-refractivity contribution < 1.29 is 19.1 Å². The summed E-state index contributed by atoms with van der Waals surface area (Å²) in [6.45, 7) is 3.14. The number of nitrogens with zero attached hydrogens (tertiary/aromatic N) is 3. The number of benzene rings is 1. The molecule has 1 fully saturated rings. The van der Waals surface area contributed by atoms with Gasteiger partial charge >= 0.3 is 0 Å². The SMILES string of the molecule is CCC(=O)N(COC/N=C/c1ccc(Cl)s1)c1ccc(N2CCOCC2=O)cc1. The minimum absolute atomic E-state index is 0.0609. The molecule has 0 aliphatic carbocycles. The molecule has 7 nitrogen and oxygen atoms in total. The maximum atomic E-state index is 12.4. The van der Waals surface area contributed by atoms with Crippen LogP contribution in [0.2, 0.25) is 4.34 Å². The molecule has 2 amide bonds. The van der Waals surface area contributed by atoms with Gasteiger partial charge in [-0.25, -0.2) is 0 Å².